The van der Waals surface area contributed by atoms with Crippen molar-refractivity contribution >= 4 is 34.0 Å². The Labute approximate surface area is 150 Å². The maximum absolute atomic E-state index is 12.0. The highest BCUT2D eigenvalue weighted by molar-refractivity contribution is 7.83. The van der Waals surface area contributed by atoms with Crippen molar-refractivity contribution in [2.75, 3.05) is 12.4 Å². The molecule has 0 amide bonds. The Kier molecular flexibility index (Phi) is 9.31. The largest absolute Gasteiger partial charge is 0.461 e. The van der Waals surface area contributed by atoms with Crippen LogP contribution in [-0.2, 0) is 15.7 Å². The van der Waals surface area contributed by atoms with Crippen LogP contribution in [0.15, 0.2) is 9.78 Å². The van der Waals surface area contributed by atoms with Crippen LogP contribution < -0.4 is 0 Å². The lowest BCUT2D eigenvalue weighted by Gasteiger charge is -2.13. The van der Waals surface area contributed by atoms with Crippen molar-refractivity contribution in [1.29, 1.82) is 0 Å². The zero-order valence-electron chi connectivity index (χ0n) is 14.7. The van der Waals surface area contributed by atoms with Crippen LogP contribution >= 0.6 is 11.3 Å². The highest BCUT2D eigenvalue weighted by Crippen LogP contribution is 2.24. The van der Waals surface area contributed by atoms with Crippen LogP contribution in [-0.4, -0.2) is 38.3 Å². The van der Waals surface area contributed by atoms with E-state index in [1.165, 1.54) is 11.3 Å². The van der Waals surface area contributed by atoms with Gasteiger partial charge in [-0.25, -0.2) is 14.0 Å². The van der Waals surface area contributed by atoms with E-state index in [4.69, 9.17) is 4.74 Å². The zero-order chi connectivity index (χ0) is 18.1. The molecule has 1 aromatic rings. The maximum atomic E-state index is 12.0. The number of carbonyl (C=O) groups is 1. The van der Waals surface area contributed by atoms with Gasteiger partial charge < -0.3 is 9.84 Å². The molecule has 8 heteroatoms. The quantitative estimate of drug-likeness (QED) is 0.501. The summed E-state index contributed by atoms with van der Waals surface area (Å²) in [6.07, 6.45) is 1.21. The molecule has 2 atom stereocenters. The van der Waals surface area contributed by atoms with Crippen LogP contribution in [0, 0.1) is 5.92 Å². The van der Waals surface area contributed by atoms with Crippen molar-refractivity contribution in [3.05, 3.63) is 16.1 Å². The molecule has 0 spiro atoms. The van der Waals surface area contributed by atoms with E-state index in [1.807, 2.05) is 20.8 Å². The van der Waals surface area contributed by atoms with E-state index in [2.05, 4.69) is 9.38 Å². The Morgan fingerprint density at radius 1 is 1.46 bits per heavy atom. The summed E-state index contributed by atoms with van der Waals surface area (Å²) >= 11 is 1.21. The molecule has 1 N–H and O–H groups in total. The Balaban J connectivity index is 2.78. The first kappa shape index (κ1) is 20.9. The van der Waals surface area contributed by atoms with E-state index in [1.54, 1.807) is 12.3 Å². The topological polar surface area (TPSA) is 88.9 Å². The second-order valence-corrected chi connectivity index (χ2v) is 7.75. The monoisotopic (exact) mass is 374 g/mol. The number of aliphatic hydroxyl groups excluding tert-OH is 1. The number of aromatic nitrogens is 1. The van der Waals surface area contributed by atoms with Gasteiger partial charge in [0.2, 0.25) is 0 Å². The Bertz CT molecular complexity index is 584. The molecule has 6 nitrogen and oxygen atoms in total. The smallest absolute Gasteiger partial charge is 0.357 e. The van der Waals surface area contributed by atoms with E-state index >= 15 is 0 Å². The van der Waals surface area contributed by atoms with Gasteiger partial charge in [0, 0.05) is 23.3 Å². The van der Waals surface area contributed by atoms with Crippen LogP contribution in [0.3, 0.4) is 0 Å². The van der Waals surface area contributed by atoms with Gasteiger partial charge >= 0.3 is 5.97 Å². The highest BCUT2D eigenvalue weighted by Gasteiger charge is 2.20. The van der Waals surface area contributed by atoms with E-state index in [-0.39, 0.29) is 24.6 Å². The van der Waals surface area contributed by atoms with Gasteiger partial charge in [-0.1, -0.05) is 27.2 Å². The molecule has 136 valence electrons. The predicted molar refractivity (Wildman–Crippen MR) is 97.8 cm³/mol. The van der Waals surface area contributed by atoms with E-state index in [0.29, 0.717) is 16.5 Å². The van der Waals surface area contributed by atoms with Crippen LogP contribution in [0.5, 0.6) is 0 Å². The van der Waals surface area contributed by atoms with Gasteiger partial charge in [-0.15, -0.1) is 11.3 Å². The normalized spacial score (nSPS) is 14.7. The highest BCUT2D eigenvalue weighted by atomic mass is 32.2. The fourth-order valence-electron chi connectivity index (χ4n) is 1.85. The lowest BCUT2D eigenvalue weighted by atomic mass is 10.0. The van der Waals surface area contributed by atoms with Gasteiger partial charge in [0.1, 0.15) is 22.1 Å². The summed E-state index contributed by atoms with van der Waals surface area (Å²) < 4.78 is 21.1. The van der Waals surface area contributed by atoms with Crippen molar-refractivity contribution in [3.8, 4) is 0 Å². The fourth-order valence-corrected chi connectivity index (χ4v) is 3.79. The molecule has 1 aromatic heterocycles. The number of thiazole rings is 1. The minimum absolute atomic E-state index is 0.0784. The number of esters is 1. The summed E-state index contributed by atoms with van der Waals surface area (Å²) in [6, 6.07) is 0. The molecule has 0 saturated carbocycles. The molecule has 0 bridgehead atoms. The SMILES string of the molecule is CCCC[S@@](=O)N=C(C[C@@H](O)c1nc(C(=O)OCC)cs1)C(C)C. The van der Waals surface area contributed by atoms with Crippen molar-refractivity contribution in [2.45, 2.75) is 53.1 Å². The molecule has 0 aliphatic carbocycles. The molecule has 0 aliphatic heterocycles. The van der Waals surface area contributed by atoms with Crippen molar-refractivity contribution in [2.24, 2.45) is 10.3 Å². The number of rotatable bonds is 10. The molecular weight excluding hydrogens is 348 g/mol. The lowest BCUT2D eigenvalue weighted by molar-refractivity contribution is 0.0519. The van der Waals surface area contributed by atoms with Gasteiger partial charge in [0.15, 0.2) is 5.69 Å². The molecule has 0 aromatic carbocycles. The number of aliphatic hydroxyl groups is 1. The Hall–Kier alpha value is -1.12. The van der Waals surface area contributed by atoms with Crippen LogP contribution in [0.2, 0.25) is 0 Å². The first-order valence-corrected chi connectivity index (χ1v) is 10.3. The Morgan fingerprint density at radius 2 is 2.17 bits per heavy atom. The van der Waals surface area contributed by atoms with E-state index in [0.717, 1.165) is 12.8 Å². The minimum Gasteiger partial charge on any atom is -0.461 e. The first-order valence-electron chi connectivity index (χ1n) is 8.15. The summed E-state index contributed by atoms with van der Waals surface area (Å²) in [4.78, 5) is 15.8. The predicted octanol–water partition coefficient (Wildman–Crippen LogP) is 3.30. The van der Waals surface area contributed by atoms with E-state index in [9.17, 15) is 14.1 Å². The fraction of sp³-hybridized carbons (Fsp3) is 0.688. The third kappa shape index (κ3) is 6.78. The van der Waals surface area contributed by atoms with Gasteiger partial charge in [-0.2, -0.15) is 4.40 Å². The molecule has 24 heavy (non-hydrogen) atoms. The van der Waals surface area contributed by atoms with Crippen LogP contribution in [0.25, 0.3) is 0 Å². The molecule has 0 unspecified atom stereocenters. The molecule has 0 aliphatic rings. The summed E-state index contributed by atoms with van der Waals surface area (Å²) in [5, 5.41) is 12.4. The van der Waals surface area contributed by atoms with Crippen LogP contribution in [0.1, 0.15) is 68.6 Å². The van der Waals surface area contributed by atoms with Gasteiger partial charge in [-0.05, 0) is 19.3 Å². The van der Waals surface area contributed by atoms with Gasteiger partial charge in [0.25, 0.3) is 0 Å². The zero-order valence-corrected chi connectivity index (χ0v) is 16.3. The number of carbonyl (C=O) groups excluding carboxylic acids is 1. The summed E-state index contributed by atoms with van der Waals surface area (Å²) in [5.74, 6) is 0.118. The third-order valence-corrected chi connectivity index (χ3v) is 5.27. The van der Waals surface area contributed by atoms with Crippen molar-refractivity contribution in [3.63, 3.8) is 0 Å². The average molecular weight is 375 g/mol. The van der Waals surface area contributed by atoms with E-state index < -0.39 is 23.1 Å². The molecular formula is C16H26N2O4S2. The summed E-state index contributed by atoms with van der Waals surface area (Å²) in [7, 11) is -1.26. The molecule has 1 rings (SSSR count). The van der Waals surface area contributed by atoms with Gasteiger partial charge in [-0.3, -0.25) is 0 Å². The minimum atomic E-state index is -1.26. The third-order valence-electron chi connectivity index (χ3n) is 3.25. The second kappa shape index (κ2) is 10.7. The number of ether oxygens (including phenoxy) is 1. The summed E-state index contributed by atoms with van der Waals surface area (Å²) in [6.45, 7) is 7.95. The Morgan fingerprint density at radius 3 is 2.75 bits per heavy atom. The second-order valence-electron chi connectivity index (χ2n) is 5.63. The molecule has 0 radical (unpaired) electrons. The van der Waals surface area contributed by atoms with Crippen molar-refractivity contribution < 1.29 is 18.8 Å². The standard InChI is InChI=1S/C16H26N2O4S2/c1-5-7-8-24(21)18-12(11(3)4)9-14(19)15-17-13(10-23-15)16(20)22-6-2/h10-11,14,19H,5-9H2,1-4H3/t14-,24-/m1/s1. The molecule has 0 saturated heterocycles. The van der Waals surface area contributed by atoms with Crippen LogP contribution in [0.4, 0.5) is 0 Å². The van der Waals surface area contributed by atoms with Gasteiger partial charge in [0.05, 0.1) is 6.61 Å². The number of nitrogens with zero attached hydrogens (tertiary/aromatic N) is 2. The molecule has 1 heterocycles. The first-order chi connectivity index (χ1) is 11.4. The number of unbranched alkanes of at least 4 members (excludes halogenated alkanes) is 1. The lowest BCUT2D eigenvalue weighted by Crippen LogP contribution is -2.15. The number of hydrogen-bond acceptors (Lipinski definition) is 6. The van der Waals surface area contributed by atoms with Crippen molar-refractivity contribution in [1.82, 2.24) is 4.98 Å². The molecule has 0 fully saturated rings. The summed E-state index contributed by atoms with van der Waals surface area (Å²) in [5.41, 5.74) is 0.898. The maximum Gasteiger partial charge on any atom is 0.357 e. The number of hydrogen-bond donors (Lipinski definition) is 1. The average Bonchev–Trinajstić information content (AvgIpc) is 3.02.